The highest BCUT2D eigenvalue weighted by Gasteiger charge is 2.06. The minimum atomic E-state index is -0.379. The lowest BCUT2D eigenvalue weighted by molar-refractivity contribution is 0.252. The van der Waals surface area contributed by atoms with Crippen LogP contribution in [0.1, 0.15) is 11.3 Å². The van der Waals surface area contributed by atoms with Gasteiger partial charge in [-0.25, -0.2) is 14.2 Å². The highest BCUT2D eigenvalue weighted by atomic mass is 19.1. The molecule has 2 aromatic heterocycles. The van der Waals surface area contributed by atoms with E-state index in [1.54, 1.807) is 6.07 Å². The van der Waals surface area contributed by atoms with Crippen LogP contribution in [0.4, 0.5) is 14.9 Å². The van der Waals surface area contributed by atoms with E-state index in [1.165, 1.54) is 12.1 Å². The van der Waals surface area contributed by atoms with Gasteiger partial charge in [-0.3, -0.25) is 0 Å². The minimum absolute atomic E-state index is 0.359. The molecular weight excluding hydrogens is 295 g/mol. The molecule has 0 aliphatic rings. The van der Waals surface area contributed by atoms with Gasteiger partial charge in [-0.1, -0.05) is 12.1 Å². The van der Waals surface area contributed by atoms with Gasteiger partial charge in [-0.05, 0) is 36.8 Å². The first-order valence-corrected chi connectivity index (χ1v) is 7.35. The van der Waals surface area contributed by atoms with Crippen molar-refractivity contribution in [2.75, 3.05) is 11.9 Å². The lowest BCUT2D eigenvalue weighted by atomic mass is 10.2. The van der Waals surface area contributed by atoms with E-state index in [2.05, 4.69) is 15.6 Å². The van der Waals surface area contributed by atoms with Crippen molar-refractivity contribution in [2.24, 2.45) is 0 Å². The number of nitrogens with zero attached hydrogens (tertiary/aromatic N) is 2. The SMILES string of the molecule is Cc1ccc(F)cc1NC(=O)NCCc1cn2ccccc2n1. The molecule has 3 rings (SSSR count). The van der Waals surface area contributed by atoms with Crippen LogP contribution in [0.3, 0.4) is 0 Å². The number of halogens is 1. The molecular formula is C17H17FN4O. The summed E-state index contributed by atoms with van der Waals surface area (Å²) in [6.07, 6.45) is 4.49. The molecule has 0 unspecified atom stereocenters. The van der Waals surface area contributed by atoms with Crippen LogP contribution in [-0.4, -0.2) is 22.0 Å². The number of hydrogen-bond donors (Lipinski definition) is 2. The van der Waals surface area contributed by atoms with Gasteiger partial charge >= 0.3 is 6.03 Å². The van der Waals surface area contributed by atoms with Gasteiger partial charge in [-0.15, -0.1) is 0 Å². The van der Waals surface area contributed by atoms with Crippen LogP contribution in [-0.2, 0) is 6.42 Å². The summed E-state index contributed by atoms with van der Waals surface area (Å²) in [7, 11) is 0. The summed E-state index contributed by atoms with van der Waals surface area (Å²) < 4.78 is 15.1. The molecule has 0 saturated heterocycles. The molecule has 23 heavy (non-hydrogen) atoms. The van der Waals surface area contributed by atoms with Crippen molar-refractivity contribution < 1.29 is 9.18 Å². The van der Waals surface area contributed by atoms with Gasteiger partial charge in [0.2, 0.25) is 0 Å². The molecule has 2 heterocycles. The maximum Gasteiger partial charge on any atom is 0.319 e. The maximum atomic E-state index is 13.2. The van der Waals surface area contributed by atoms with Crippen molar-refractivity contribution in [1.29, 1.82) is 0 Å². The zero-order valence-corrected chi connectivity index (χ0v) is 12.7. The highest BCUT2D eigenvalue weighted by Crippen LogP contribution is 2.15. The number of hydrogen-bond acceptors (Lipinski definition) is 2. The summed E-state index contributed by atoms with van der Waals surface area (Å²) in [5, 5.41) is 5.40. The van der Waals surface area contributed by atoms with Gasteiger partial charge < -0.3 is 15.0 Å². The number of benzene rings is 1. The van der Waals surface area contributed by atoms with E-state index < -0.39 is 0 Å². The number of carbonyl (C=O) groups excluding carboxylic acids is 1. The third kappa shape index (κ3) is 3.66. The number of aryl methyl sites for hydroxylation is 1. The third-order valence-electron chi connectivity index (χ3n) is 3.53. The van der Waals surface area contributed by atoms with Crippen LogP contribution >= 0.6 is 0 Å². The second-order valence-electron chi connectivity index (χ2n) is 5.29. The number of imidazole rings is 1. The second kappa shape index (κ2) is 6.48. The van der Waals surface area contributed by atoms with Crippen molar-refractivity contribution in [3.8, 4) is 0 Å². The maximum absolute atomic E-state index is 13.2. The lowest BCUT2D eigenvalue weighted by Crippen LogP contribution is -2.30. The Kier molecular flexibility index (Phi) is 4.23. The summed E-state index contributed by atoms with van der Waals surface area (Å²) in [6.45, 7) is 2.26. The normalized spacial score (nSPS) is 10.7. The van der Waals surface area contributed by atoms with E-state index in [0.717, 1.165) is 16.9 Å². The van der Waals surface area contributed by atoms with Crippen LogP contribution in [0, 0.1) is 12.7 Å². The molecule has 0 atom stereocenters. The average Bonchev–Trinajstić information content (AvgIpc) is 2.93. The van der Waals surface area contributed by atoms with Crippen molar-refractivity contribution in [1.82, 2.24) is 14.7 Å². The smallest absolute Gasteiger partial charge is 0.319 e. The first kappa shape index (κ1) is 15.0. The monoisotopic (exact) mass is 312 g/mol. The molecule has 0 bridgehead atoms. The van der Waals surface area contributed by atoms with E-state index in [0.29, 0.717) is 18.7 Å². The van der Waals surface area contributed by atoms with Gasteiger partial charge in [0.1, 0.15) is 11.5 Å². The van der Waals surface area contributed by atoms with Crippen molar-refractivity contribution in [3.63, 3.8) is 0 Å². The fourth-order valence-corrected chi connectivity index (χ4v) is 2.31. The van der Waals surface area contributed by atoms with Crippen LogP contribution in [0.15, 0.2) is 48.8 Å². The highest BCUT2D eigenvalue weighted by molar-refractivity contribution is 5.90. The number of nitrogens with one attached hydrogen (secondary N) is 2. The Hall–Kier alpha value is -2.89. The number of amides is 2. The summed E-state index contributed by atoms with van der Waals surface area (Å²) in [5.41, 5.74) is 3.05. The fourth-order valence-electron chi connectivity index (χ4n) is 2.31. The van der Waals surface area contributed by atoms with E-state index in [9.17, 15) is 9.18 Å². The van der Waals surface area contributed by atoms with Gasteiger partial charge in [0, 0.05) is 31.0 Å². The average molecular weight is 312 g/mol. The molecule has 5 nitrogen and oxygen atoms in total. The summed E-state index contributed by atoms with van der Waals surface area (Å²) in [5.74, 6) is -0.379. The van der Waals surface area contributed by atoms with E-state index in [4.69, 9.17) is 0 Å². The molecule has 0 fully saturated rings. The Morgan fingerprint density at radius 2 is 2.17 bits per heavy atom. The zero-order valence-electron chi connectivity index (χ0n) is 12.7. The van der Waals surface area contributed by atoms with Gasteiger partial charge in [0.15, 0.2) is 0 Å². The number of urea groups is 1. The van der Waals surface area contributed by atoms with E-state index >= 15 is 0 Å². The minimum Gasteiger partial charge on any atom is -0.337 e. The van der Waals surface area contributed by atoms with E-state index in [-0.39, 0.29) is 11.8 Å². The Labute approximate surface area is 133 Å². The number of carbonyl (C=O) groups is 1. The first-order chi connectivity index (χ1) is 11.1. The molecule has 0 saturated carbocycles. The molecule has 0 radical (unpaired) electrons. The molecule has 2 N–H and O–H groups in total. The van der Waals surface area contributed by atoms with E-state index in [1.807, 2.05) is 41.9 Å². The van der Waals surface area contributed by atoms with Crippen LogP contribution in [0.2, 0.25) is 0 Å². The summed E-state index contributed by atoms with van der Waals surface area (Å²) >= 11 is 0. The Morgan fingerprint density at radius 3 is 3.00 bits per heavy atom. The number of fused-ring (bicyclic) bond motifs is 1. The molecule has 1 aromatic carbocycles. The van der Waals surface area contributed by atoms with Gasteiger partial charge in [0.25, 0.3) is 0 Å². The zero-order chi connectivity index (χ0) is 16.2. The summed E-state index contributed by atoms with van der Waals surface area (Å²) in [4.78, 5) is 16.3. The molecule has 118 valence electrons. The Balaban J connectivity index is 1.53. The Bertz CT molecular complexity index is 810. The lowest BCUT2D eigenvalue weighted by Gasteiger charge is -2.09. The van der Waals surface area contributed by atoms with Crippen molar-refractivity contribution >= 4 is 17.4 Å². The fraction of sp³-hybridized carbons (Fsp3) is 0.176. The molecule has 3 aromatic rings. The molecule has 0 aliphatic heterocycles. The Morgan fingerprint density at radius 1 is 1.30 bits per heavy atom. The van der Waals surface area contributed by atoms with Gasteiger partial charge in [-0.2, -0.15) is 0 Å². The summed E-state index contributed by atoms with van der Waals surface area (Å²) in [6, 6.07) is 9.73. The number of pyridine rings is 1. The molecule has 2 amide bonds. The number of anilines is 1. The topological polar surface area (TPSA) is 58.4 Å². The predicted molar refractivity (Wildman–Crippen MR) is 87.1 cm³/mol. The quantitative estimate of drug-likeness (QED) is 0.777. The predicted octanol–water partition coefficient (Wildman–Crippen LogP) is 3.15. The molecule has 0 spiro atoms. The number of rotatable bonds is 4. The van der Waals surface area contributed by atoms with Crippen molar-refractivity contribution in [2.45, 2.75) is 13.3 Å². The number of aromatic nitrogens is 2. The second-order valence-corrected chi connectivity index (χ2v) is 5.29. The van der Waals surface area contributed by atoms with Crippen LogP contribution < -0.4 is 10.6 Å². The largest absolute Gasteiger partial charge is 0.337 e. The first-order valence-electron chi connectivity index (χ1n) is 7.35. The van der Waals surface area contributed by atoms with Crippen molar-refractivity contribution in [3.05, 3.63) is 65.9 Å². The standard InChI is InChI=1S/C17H17FN4O/c1-12-5-6-13(18)10-15(12)21-17(23)19-8-7-14-11-22-9-3-2-4-16(22)20-14/h2-6,9-11H,7-8H2,1H3,(H2,19,21,23). The van der Waals surface area contributed by atoms with Gasteiger partial charge in [0.05, 0.1) is 5.69 Å². The van der Waals surface area contributed by atoms with Crippen LogP contribution in [0.25, 0.3) is 5.65 Å². The van der Waals surface area contributed by atoms with Crippen LogP contribution in [0.5, 0.6) is 0 Å². The molecule has 0 aliphatic carbocycles. The third-order valence-corrected chi connectivity index (χ3v) is 3.53. The molecule has 6 heteroatoms.